The van der Waals surface area contributed by atoms with Crippen molar-refractivity contribution in [2.24, 2.45) is 0 Å². The minimum atomic E-state index is -0.310. The monoisotopic (exact) mass is 389 g/mol. The van der Waals surface area contributed by atoms with Gasteiger partial charge >= 0.3 is 0 Å². The second-order valence-corrected chi connectivity index (χ2v) is 5.97. The molecule has 8 nitrogen and oxygen atoms in total. The molecule has 4 rings (SSSR count). The largest absolute Gasteiger partial charge is 0.508 e. The van der Waals surface area contributed by atoms with E-state index in [0.29, 0.717) is 21.9 Å². The van der Waals surface area contributed by atoms with E-state index in [-0.39, 0.29) is 30.0 Å². The first-order valence-electron chi connectivity index (χ1n) is 7.16. The molecule has 0 aliphatic heterocycles. The van der Waals surface area contributed by atoms with Crippen molar-refractivity contribution < 1.29 is 10.2 Å². The van der Waals surface area contributed by atoms with E-state index >= 15 is 0 Å². The zero-order valence-electron chi connectivity index (χ0n) is 12.3. The number of aliphatic hydroxyl groups excluding tert-OH is 1. The van der Waals surface area contributed by atoms with Gasteiger partial charge in [0.2, 0.25) is 5.78 Å². The highest BCUT2D eigenvalue weighted by Gasteiger charge is 2.17. The standard InChI is InChI=1S/C15H12BrN5O3/c16-14-18-11-12(20(14)4-5-22)19-15-17-10(7-21(15)13(11)24)8-2-1-3-9(23)6-8/h1-3,6-7,22-23H,4-5H2,(H,17,19). The second kappa shape index (κ2) is 5.46. The van der Waals surface area contributed by atoms with Gasteiger partial charge in [-0.1, -0.05) is 12.1 Å². The Hall–Kier alpha value is -2.65. The predicted octanol–water partition coefficient (Wildman–Crippen LogP) is 1.50. The fourth-order valence-electron chi connectivity index (χ4n) is 2.65. The Morgan fingerprint density at radius 2 is 2.12 bits per heavy atom. The topological polar surface area (TPSA) is 108 Å². The lowest BCUT2D eigenvalue weighted by Gasteiger charge is -2.01. The fourth-order valence-corrected chi connectivity index (χ4v) is 3.17. The third kappa shape index (κ3) is 2.21. The summed E-state index contributed by atoms with van der Waals surface area (Å²) in [4.78, 5) is 24.4. The van der Waals surface area contributed by atoms with Crippen molar-refractivity contribution in [3.8, 4) is 17.0 Å². The summed E-state index contributed by atoms with van der Waals surface area (Å²) in [6.07, 6.45) is 1.62. The molecule has 0 atom stereocenters. The number of halogens is 1. The van der Waals surface area contributed by atoms with Crippen LogP contribution in [0.3, 0.4) is 0 Å². The molecular weight excluding hydrogens is 378 g/mol. The van der Waals surface area contributed by atoms with Gasteiger partial charge in [-0.15, -0.1) is 0 Å². The van der Waals surface area contributed by atoms with E-state index in [2.05, 4.69) is 30.9 Å². The lowest BCUT2D eigenvalue weighted by molar-refractivity contribution is 0.276. The first kappa shape index (κ1) is 14.9. The molecule has 9 heteroatoms. The van der Waals surface area contributed by atoms with E-state index in [4.69, 9.17) is 0 Å². The number of hydrogen-bond acceptors (Lipinski definition) is 5. The minimum Gasteiger partial charge on any atom is -0.508 e. The van der Waals surface area contributed by atoms with Crippen molar-refractivity contribution in [2.75, 3.05) is 6.61 Å². The van der Waals surface area contributed by atoms with Gasteiger partial charge in [-0.2, -0.15) is 4.98 Å². The number of imidazole rings is 2. The number of phenols is 1. The van der Waals surface area contributed by atoms with Gasteiger partial charge in [-0.3, -0.25) is 4.79 Å². The normalized spacial score (nSPS) is 11.6. The number of benzene rings is 1. The van der Waals surface area contributed by atoms with Gasteiger partial charge in [-0.05, 0) is 28.1 Å². The molecule has 0 saturated carbocycles. The fraction of sp³-hybridized carbons (Fsp3) is 0.133. The second-order valence-electron chi connectivity index (χ2n) is 5.26. The summed E-state index contributed by atoms with van der Waals surface area (Å²) in [5, 5.41) is 18.8. The summed E-state index contributed by atoms with van der Waals surface area (Å²) in [5.74, 6) is 0.494. The summed E-state index contributed by atoms with van der Waals surface area (Å²) in [6, 6.07) is 6.70. The number of aromatic hydroxyl groups is 1. The van der Waals surface area contributed by atoms with Crippen LogP contribution in [0.25, 0.3) is 28.2 Å². The first-order valence-corrected chi connectivity index (χ1v) is 7.95. The number of nitrogens with one attached hydrogen (secondary N) is 1. The zero-order valence-corrected chi connectivity index (χ0v) is 13.9. The number of aromatic amines is 1. The Balaban J connectivity index is 1.99. The number of rotatable bonds is 3. The molecular formula is C15H12BrN5O3. The number of hydrogen-bond donors (Lipinski definition) is 3. The van der Waals surface area contributed by atoms with Crippen LogP contribution in [0.1, 0.15) is 0 Å². The van der Waals surface area contributed by atoms with Crippen molar-refractivity contribution >= 4 is 32.9 Å². The van der Waals surface area contributed by atoms with Gasteiger partial charge in [0.25, 0.3) is 5.56 Å². The molecule has 0 fully saturated rings. The molecule has 3 heterocycles. The maximum absolute atomic E-state index is 12.7. The van der Waals surface area contributed by atoms with Crippen LogP contribution in [0.5, 0.6) is 5.75 Å². The molecule has 0 amide bonds. The summed E-state index contributed by atoms with van der Waals surface area (Å²) >= 11 is 3.28. The maximum atomic E-state index is 12.7. The number of nitrogens with zero attached hydrogens (tertiary/aromatic N) is 4. The Kier molecular flexibility index (Phi) is 3.39. The molecule has 3 aromatic heterocycles. The minimum absolute atomic E-state index is 0.0929. The lowest BCUT2D eigenvalue weighted by Crippen LogP contribution is -2.14. The molecule has 0 aliphatic carbocycles. The van der Waals surface area contributed by atoms with Crippen LogP contribution < -0.4 is 5.56 Å². The Labute approximate surface area is 143 Å². The molecule has 3 N–H and O–H groups in total. The third-order valence-corrected chi connectivity index (χ3v) is 4.35. The van der Waals surface area contributed by atoms with Crippen LogP contribution in [0.15, 0.2) is 40.0 Å². The maximum Gasteiger partial charge on any atom is 0.287 e. The Bertz CT molecular complexity index is 1130. The highest BCUT2D eigenvalue weighted by atomic mass is 79.9. The highest BCUT2D eigenvalue weighted by Crippen LogP contribution is 2.23. The van der Waals surface area contributed by atoms with Crippen LogP contribution >= 0.6 is 15.9 Å². The van der Waals surface area contributed by atoms with Crippen LogP contribution in [0.4, 0.5) is 0 Å². The van der Waals surface area contributed by atoms with E-state index in [1.54, 1.807) is 29.0 Å². The molecule has 122 valence electrons. The van der Waals surface area contributed by atoms with Crippen LogP contribution in [0.2, 0.25) is 0 Å². The molecule has 0 radical (unpaired) electrons. The summed E-state index contributed by atoms with van der Waals surface area (Å²) < 4.78 is 3.45. The van der Waals surface area contributed by atoms with Crippen molar-refractivity contribution in [1.29, 1.82) is 0 Å². The Morgan fingerprint density at radius 3 is 2.88 bits per heavy atom. The van der Waals surface area contributed by atoms with Gasteiger partial charge < -0.3 is 19.8 Å². The predicted molar refractivity (Wildman–Crippen MR) is 91.0 cm³/mol. The van der Waals surface area contributed by atoms with E-state index in [0.717, 1.165) is 5.56 Å². The van der Waals surface area contributed by atoms with Crippen molar-refractivity contribution in [3.05, 3.63) is 45.5 Å². The Morgan fingerprint density at radius 1 is 1.29 bits per heavy atom. The van der Waals surface area contributed by atoms with Crippen molar-refractivity contribution in [2.45, 2.75) is 6.54 Å². The van der Waals surface area contributed by atoms with E-state index in [9.17, 15) is 15.0 Å². The molecule has 0 spiro atoms. The number of fused-ring (bicyclic) bond motifs is 2. The summed E-state index contributed by atoms with van der Waals surface area (Å²) in [5.41, 5.74) is 1.68. The first-order chi connectivity index (χ1) is 11.6. The summed E-state index contributed by atoms with van der Waals surface area (Å²) in [7, 11) is 0. The van der Waals surface area contributed by atoms with Crippen molar-refractivity contribution in [1.82, 2.24) is 23.9 Å². The van der Waals surface area contributed by atoms with E-state index in [1.165, 1.54) is 4.40 Å². The van der Waals surface area contributed by atoms with Crippen LogP contribution in [-0.4, -0.2) is 40.7 Å². The quantitative estimate of drug-likeness (QED) is 0.460. The molecule has 0 unspecified atom stereocenters. The number of aromatic nitrogens is 5. The number of phenolic OH excluding ortho intramolecular Hbond substituents is 1. The molecule has 24 heavy (non-hydrogen) atoms. The number of aliphatic hydroxyl groups is 1. The van der Waals surface area contributed by atoms with Crippen LogP contribution in [0, 0.1) is 0 Å². The lowest BCUT2D eigenvalue weighted by atomic mass is 10.2. The molecule has 0 bridgehead atoms. The average molecular weight is 390 g/mol. The SMILES string of the molecule is O=c1c2nc(Br)n(CCO)c2nc2[nH]c(-c3cccc(O)c3)cn12. The van der Waals surface area contributed by atoms with E-state index < -0.39 is 0 Å². The van der Waals surface area contributed by atoms with Gasteiger partial charge in [0.05, 0.1) is 12.3 Å². The average Bonchev–Trinajstić information content (AvgIpc) is 3.12. The number of H-pyrrole nitrogens is 1. The smallest absolute Gasteiger partial charge is 0.287 e. The van der Waals surface area contributed by atoms with Gasteiger partial charge in [-0.25, -0.2) is 9.38 Å². The zero-order chi connectivity index (χ0) is 16.8. The van der Waals surface area contributed by atoms with E-state index in [1.807, 2.05) is 6.07 Å². The molecule has 0 saturated heterocycles. The summed E-state index contributed by atoms with van der Waals surface area (Å²) in [6.45, 7) is 0.185. The van der Waals surface area contributed by atoms with Crippen LogP contribution in [-0.2, 0) is 6.54 Å². The van der Waals surface area contributed by atoms with Gasteiger partial charge in [0, 0.05) is 18.3 Å². The molecule has 4 aromatic rings. The molecule has 1 aromatic carbocycles. The van der Waals surface area contributed by atoms with Crippen molar-refractivity contribution in [3.63, 3.8) is 0 Å². The van der Waals surface area contributed by atoms with Gasteiger partial charge in [0.1, 0.15) is 5.75 Å². The third-order valence-electron chi connectivity index (χ3n) is 3.74. The van der Waals surface area contributed by atoms with Gasteiger partial charge in [0.15, 0.2) is 15.9 Å². The molecule has 0 aliphatic rings. The highest BCUT2D eigenvalue weighted by molar-refractivity contribution is 9.10.